The third-order valence-electron chi connectivity index (χ3n) is 2.95. The lowest BCUT2D eigenvalue weighted by Crippen LogP contribution is -2.27. The van der Waals surface area contributed by atoms with Crippen LogP contribution in [0.15, 0.2) is 6.20 Å². The average Bonchev–Trinajstić information content (AvgIpc) is 2.63. The Labute approximate surface area is 109 Å². The van der Waals surface area contributed by atoms with Crippen LogP contribution in [-0.4, -0.2) is 28.3 Å². The lowest BCUT2D eigenvalue weighted by Gasteiger charge is -2.08. The molecule has 0 aliphatic rings. The van der Waals surface area contributed by atoms with E-state index < -0.39 is 0 Å². The highest BCUT2D eigenvalue weighted by molar-refractivity contribution is 5.75. The van der Waals surface area contributed by atoms with Gasteiger partial charge in [-0.15, -0.1) is 0 Å². The zero-order valence-electron chi connectivity index (χ0n) is 11.8. The van der Waals surface area contributed by atoms with Gasteiger partial charge in [0.2, 0.25) is 5.91 Å². The molecule has 0 radical (unpaired) electrons. The second-order valence-electron chi connectivity index (χ2n) is 4.87. The molecule has 0 saturated heterocycles. The van der Waals surface area contributed by atoms with Gasteiger partial charge in [0.1, 0.15) is 0 Å². The SMILES string of the molecule is Cc1c(CNC(=O)CCCNC(C)C)cnn1C. The van der Waals surface area contributed by atoms with Crippen molar-refractivity contribution >= 4 is 5.91 Å². The normalized spacial score (nSPS) is 10.9. The van der Waals surface area contributed by atoms with Crippen molar-refractivity contribution < 1.29 is 4.79 Å². The van der Waals surface area contributed by atoms with Crippen molar-refractivity contribution in [3.05, 3.63) is 17.5 Å². The van der Waals surface area contributed by atoms with E-state index in [-0.39, 0.29) is 5.91 Å². The number of nitrogens with zero attached hydrogens (tertiary/aromatic N) is 2. The summed E-state index contributed by atoms with van der Waals surface area (Å²) in [6.45, 7) is 7.66. The number of nitrogens with one attached hydrogen (secondary N) is 2. The predicted molar refractivity (Wildman–Crippen MR) is 72.2 cm³/mol. The van der Waals surface area contributed by atoms with E-state index in [0.717, 1.165) is 24.2 Å². The predicted octanol–water partition coefficient (Wildman–Crippen LogP) is 1.12. The zero-order valence-corrected chi connectivity index (χ0v) is 11.8. The van der Waals surface area contributed by atoms with Gasteiger partial charge in [0.15, 0.2) is 0 Å². The second kappa shape index (κ2) is 7.16. The Morgan fingerprint density at radius 1 is 1.50 bits per heavy atom. The molecular weight excluding hydrogens is 228 g/mol. The van der Waals surface area contributed by atoms with Gasteiger partial charge in [-0.2, -0.15) is 5.10 Å². The minimum Gasteiger partial charge on any atom is -0.352 e. The molecule has 102 valence electrons. The van der Waals surface area contributed by atoms with Crippen molar-refractivity contribution in [2.45, 2.75) is 46.2 Å². The van der Waals surface area contributed by atoms with Crippen molar-refractivity contribution in [3.8, 4) is 0 Å². The maximum absolute atomic E-state index is 11.6. The molecule has 0 bridgehead atoms. The van der Waals surface area contributed by atoms with E-state index >= 15 is 0 Å². The van der Waals surface area contributed by atoms with Gasteiger partial charge in [-0.05, 0) is 19.9 Å². The van der Waals surface area contributed by atoms with E-state index in [0.29, 0.717) is 19.0 Å². The number of aromatic nitrogens is 2. The third-order valence-corrected chi connectivity index (χ3v) is 2.95. The van der Waals surface area contributed by atoms with Crippen molar-refractivity contribution in [1.82, 2.24) is 20.4 Å². The number of amides is 1. The molecule has 2 N–H and O–H groups in total. The third kappa shape index (κ3) is 4.87. The fourth-order valence-electron chi connectivity index (χ4n) is 1.64. The summed E-state index contributed by atoms with van der Waals surface area (Å²) in [6, 6.07) is 0.478. The van der Waals surface area contributed by atoms with E-state index in [2.05, 4.69) is 29.6 Å². The molecule has 1 aromatic heterocycles. The first-order chi connectivity index (χ1) is 8.50. The first-order valence-electron chi connectivity index (χ1n) is 6.48. The van der Waals surface area contributed by atoms with Crippen LogP contribution in [0.2, 0.25) is 0 Å². The Bertz CT molecular complexity index is 384. The number of hydrogen-bond donors (Lipinski definition) is 2. The van der Waals surface area contributed by atoms with Crippen LogP contribution in [0.5, 0.6) is 0 Å². The van der Waals surface area contributed by atoms with E-state index in [1.54, 1.807) is 6.20 Å². The molecule has 1 rings (SSSR count). The number of carbonyl (C=O) groups is 1. The fraction of sp³-hybridized carbons (Fsp3) is 0.692. The van der Waals surface area contributed by atoms with Crippen LogP contribution < -0.4 is 10.6 Å². The summed E-state index contributed by atoms with van der Waals surface area (Å²) in [4.78, 5) is 11.6. The molecule has 0 fully saturated rings. The van der Waals surface area contributed by atoms with E-state index in [4.69, 9.17) is 0 Å². The van der Waals surface area contributed by atoms with Gasteiger partial charge < -0.3 is 10.6 Å². The van der Waals surface area contributed by atoms with Gasteiger partial charge in [-0.3, -0.25) is 9.48 Å². The first-order valence-corrected chi connectivity index (χ1v) is 6.48. The van der Waals surface area contributed by atoms with Gasteiger partial charge in [-0.25, -0.2) is 0 Å². The van der Waals surface area contributed by atoms with Crippen LogP contribution in [0.4, 0.5) is 0 Å². The summed E-state index contributed by atoms with van der Waals surface area (Å²) in [7, 11) is 1.90. The van der Waals surface area contributed by atoms with Gasteiger partial charge in [-0.1, -0.05) is 13.8 Å². The topological polar surface area (TPSA) is 59.0 Å². The van der Waals surface area contributed by atoms with Crippen LogP contribution in [0, 0.1) is 6.92 Å². The summed E-state index contributed by atoms with van der Waals surface area (Å²) in [6.07, 6.45) is 3.24. The molecule has 0 aliphatic carbocycles. The Hall–Kier alpha value is -1.36. The molecule has 5 heteroatoms. The summed E-state index contributed by atoms with van der Waals surface area (Å²) in [5, 5.41) is 10.4. The Kier molecular flexibility index (Phi) is 5.85. The highest BCUT2D eigenvalue weighted by atomic mass is 16.1. The molecule has 18 heavy (non-hydrogen) atoms. The zero-order chi connectivity index (χ0) is 13.5. The smallest absolute Gasteiger partial charge is 0.220 e. The quantitative estimate of drug-likeness (QED) is 0.715. The summed E-state index contributed by atoms with van der Waals surface area (Å²) in [5.74, 6) is 0.101. The highest BCUT2D eigenvalue weighted by Gasteiger charge is 2.06. The highest BCUT2D eigenvalue weighted by Crippen LogP contribution is 2.04. The molecule has 0 unspecified atom stereocenters. The Morgan fingerprint density at radius 3 is 2.78 bits per heavy atom. The van der Waals surface area contributed by atoms with Crippen LogP contribution in [0.25, 0.3) is 0 Å². The van der Waals surface area contributed by atoms with Crippen molar-refractivity contribution in [2.24, 2.45) is 7.05 Å². The molecule has 0 spiro atoms. The minimum absolute atomic E-state index is 0.101. The molecule has 1 heterocycles. The first kappa shape index (κ1) is 14.7. The van der Waals surface area contributed by atoms with Gasteiger partial charge in [0, 0.05) is 37.3 Å². The van der Waals surface area contributed by atoms with Crippen LogP contribution in [0.3, 0.4) is 0 Å². The molecule has 0 atom stereocenters. The van der Waals surface area contributed by atoms with Crippen LogP contribution in [-0.2, 0) is 18.4 Å². The monoisotopic (exact) mass is 252 g/mol. The van der Waals surface area contributed by atoms with Crippen molar-refractivity contribution in [3.63, 3.8) is 0 Å². The Morgan fingerprint density at radius 2 is 2.22 bits per heavy atom. The molecule has 1 aromatic rings. The molecule has 0 aromatic carbocycles. The van der Waals surface area contributed by atoms with E-state index in [9.17, 15) is 4.79 Å². The molecule has 1 amide bonds. The van der Waals surface area contributed by atoms with E-state index in [1.165, 1.54) is 0 Å². The van der Waals surface area contributed by atoms with Crippen molar-refractivity contribution in [2.75, 3.05) is 6.54 Å². The van der Waals surface area contributed by atoms with Crippen LogP contribution >= 0.6 is 0 Å². The fourth-order valence-corrected chi connectivity index (χ4v) is 1.64. The molecule has 5 nitrogen and oxygen atoms in total. The maximum atomic E-state index is 11.6. The lowest BCUT2D eigenvalue weighted by molar-refractivity contribution is -0.121. The number of hydrogen-bond acceptors (Lipinski definition) is 3. The number of rotatable bonds is 7. The molecule has 0 aliphatic heterocycles. The van der Waals surface area contributed by atoms with Gasteiger partial charge in [0.25, 0.3) is 0 Å². The molecular formula is C13H24N4O. The average molecular weight is 252 g/mol. The summed E-state index contributed by atoms with van der Waals surface area (Å²) < 4.78 is 1.81. The number of carbonyl (C=O) groups excluding carboxylic acids is 1. The van der Waals surface area contributed by atoms with Gasteiger partial charge in [0.05, 0.1) is 6.20 Å². The summed E-state index contributed by atoms with van der Waals surface area (Å²) in [5.41, 5.74) is 2.17. The Balaban J connectivity index is 2.19. The van der Waals surface area contributed by atoms with Crippen molar-refractivity contribution in [1.29, 1.82) is 0 Å². The van der Waals surface area contributed by atoms with E-state index in [1.807, 2.05) is 18.7 Å². The number of aryl methyl sites for hydroxylation is 1. The molecule has 0 saturated carbocycles. The summed E-state index contributed by atoms with van der Waals surface area (Å²) >= 11 is 0. The lowest BCUT2D eigenvalue weighted by atomic mass is 10.2. The maximum Gasteiger partial charge on any atom is 0.220 e. The minimum atomic E-state index is 0.101. The van der Waals surface area contributed by atoms with Gasteiger partial charge >= 0.3 is 0 Å². The second-order valence-corrected chi connectivity index (χ2v) is 4.87. The van der Waals surface area contributed by atoms with Crippen LogP contribution in [0.1, 0.15) is 37.9 Å². The standard InChI is InChI=1S/C13H24N4O/c1-10(2)14-7-5-6-13(18)15-8-12-9-16-17(4)11(12)3/h9-10,14H,5-8H2,1-4H3,(H,15,18). The largest absolute Gasteiger partial charge is 0.352 e.